The van der Waals surface area contributed by atoms with Crippen molar-refractivity contribution in [2.24, 2.45) is 0 Å². The molecule has 72 valence electrons. The first-order valence-corrected chi connectivity index (χ1v) is 4.66. The summed E-state index contributed by atoms with van der Waals surface area (Å²) in [5.41, 5.74) is 1.77. The third-order valence-electron chi connectivity index (χ3n) is 2.31. The molecule has 0 amide bonds. The number of H-pyrrole nitrogens is 1. The molecule has 0 atom stereocenters. The second kappa shape index (κ2) is 3.25. The standard InChI is InChI=1S/C11H12N2O/c1-7(2)8-5-9-10(13-6-8)3-4-12-11(9)14/h3-7H,1-2H3,(H,12,14). The highest BCUT2D eigenvalue weighted by atomic mass is 16.1. The van der Waals surface area contributed by atoms with Crippen LogP contribution >= 0.6 is 0 Å². The molecular formula is C11H12N2O. The number of hydrogen-bond donors (Lipinski definition) is 1. The molecule has 2 heterocycles. The molecule has 3 heteroatoms. The van der Waals surface area contributed by atoms with Crippen molar-refractivity contribution in [1.29, 1.82) is 0 Å². The molecule has 0 aromatic carbocycles. The van der Waals surface area contributed by atoms with Gasteiger partial charge in [0.05, 0.1) is 10.9 Å². The third kappa shape index (κ3) is 1.41. The van der Waals surface area contributed by atoms with Gasteiger partial charge in [-0.1, -0.05) is 13.8 Å². The van der Waals surface area contributed by atoms with E-state index in [1.54, 1.807) is 12.3 Å². The fourth-order valence-corrected chi connectivity index (χ4v) is 1.40. The van der Waals surface area contributed by atoms with Crippen LogP contribution in [-0.2, 0) is 0 Å². The molecule has 0 unspecified atom stereocenters. The predicted molar refractivity (Wildman–Crippen MR) is 56.5 cm³/mol. The van der Waals surface area contributed by atoms with Gasteiger partial charge >= 0.3 is 0 Å². The lowest BCUT2D eigenvalue weighted by molar-refractivity contribution is 0.861. The Kier molecular flexibility index (Phi) is 2.08. The highest BCUT2D eigenvalue weighted by Crippen LogP contribution is 2.16. The minimum absolute atomic E-state index is 0.0718. The van der Waals surface area contributed by atoms with E-state index in [-0.39, 0.29) is 5.56 Å². The monoisotopic (exact) mass is 188 g/mol. The molecule has 2 aromatic rings. The lowest BCUT2D eigenvalue weighted by atomic mass is 10.0. The summed E-state index contributed by atoms with van der Waals surface area (Å²) in [5, 5.41) is 0.665. The summed E-state index contributed by atoms with van der Waals surface area (Å²) in [7, 11) is 0. The Labute approximate surface area is 81.8 Å². The van der Waals surface area contributed by atoms with Gasteiger partial charge in [-0.15, -0.1) is 0 Å². The number of hydrogen-bond acceptors (Lipinski definition) is 2. The highest BCUT2D eigenvalue weighted by Gasteiger charge is 2.03. The molecule has 0 aliphatic rings. The average molecular weight is 188 g/mol. The van der Waals surface area contributed by atoms with Crippen LogP contribution in [0.5, 0.6) is 0 Å². The van der Waals surface area contributed by atoms with Crippen molar-refractivity contribution in [3.05, 3.63) is 40.4 Å². The van der Waals surface area contributed by atoms with E-state index in [0.29, 0.717) is 11.3 Å². The molecule has 0 saturated heterocycles. The molecule has 2 aromatic heterocycles. The van der Waals surface area contributed by atoms with Gasteiger partial charge in [-0.2, -0.15) is 0 Å². The van der Waals surface area contributed by atoms with Crippen LogP contribution < -0.4 is 5.56 Å². The van der Waals surface area contributed by atoms with Crippen molar-refractivity contribution < 1.29 is 0 Å². The zero-order valence-electron chi connectivity index (χ0n) is 8.24. The van der Waals surface area contributed by atoms with Crippen LogP contribution in [0.15, 0.2) is 29.3 Å². The number of aromatic nitrogens is 2. The van der Waals surface area contributed by atoms with E-state index in [4.69, 9.17) is 0 Å². The summed E-state index contributed by atoms with van der Waals surface area (Å²) in [6.07, 6.45) is 3.44. The largest absolute Gasteiger partial charge is 0.328 e. The van der Waals surface area contributed by atoms with Gasteiger partial charge in [0.2, 0.25) is 0 Å². The number of nitrogens with one attached hydrogen (secondary N) is 1. The van der Waals surface area contributed by atoms with Gasteiger partial charge in [0, 0.05) is 12.4 Å². The molecule has 0 aliphatic carbocycles. The Bertz CT molecular complexity index is 514. The SMILES string of the molecule is CC(C)c1cnc2cc[nH]c(=O)c2c1. The van der Waals surface area contributed by atoms with Gasteiger partial charge in [-0.3, -0.25) is 9.78 Å². The zero-order chi connectivity index (χ0) is 10.1. The fourth-order valence-electron chi connectivity index (χ4n) is 1.40. The second-order valence-electron chi connectivity index (χ2n) is 3.66. The molecule has 0 aliphatic heterocycles. The van der Waals surface area contributed by atoms with Crippen LogP contribution in [0.4, 0.5) is 0 Å². The van der Waals surface area contributed by atoms with Crippen molar-refractivity contribution in [2.45, 2.75) is 19.8 Å². The van der Waals surface area contributed by atoms with E-state index < -0.39 is 0 Å². The van der Waals surface area contributed by atoms with E-state index >= 15 is 0 Å². The van der Waals surface area contributed by atoms with Crippen LogP contribution in [0.25, 0.3) is 10.9 Å². The first-order valence-electron chi connectivity index (χ1n) is 4.66. The average Bonchev–Trinajstić information content (AvgIpc) is 2.18. The van der Waals surface area contributed by atoms with Crippen LogP contribution in [0.2, 0.25) is 0 Å². The maximum Gasteiger partial charge on any atom is 0.257 e. The van der Waals surface area contributed by atoms with Crippen molar-refractivity contribution in [3.63, 3.8) is 0 Å². The smallest absolute Gasteiger partial charge is 0.257 e. The molecule has 0 fully saturated rings. The van der Waals surface area contributed by atoms with E-state index in [9.17, 15) is 4.79 Å². The van der Waals surface area contributed by atoms with E-state index in [2.05, 4.69) is 23.8 Å². The molecule has 0 saturated carbocycles. The summed E-state index contributed by atoms with van der Waals surface area (Å²) in [4.78, 5) is 18.3. The molecule has 0 radical (unpaired) electrons. The number of nitrogens with zero attached hydrogens (tertiary/aromatic N) is 1. The first kappa shape index (κ1) is 8.94. The van der Waals surface area contributed by atoms with Crippen LogP contribution in [-0.4, -0.2) is 9.97 Å². The topological polar surface area (TPSA) is 45.8 Å². The Balaban J connectivity index is 2.76. The Morgan fingerprint density at radius 1 is 1.43 bits per heavy atom. The fraction of sp³-hybridized carbons (Fsp3) is 0.273. The minimum Gasteiger partial charge on any atom is -0.328 e. The number of pyridine rings is 2. The van der Waals surface area contributed by atoms with Crippen LogP contribution in [0.3, 0.4) is 0 Å². The Morgan fingerprint density at radius 3 is 2.93 bits per heavy atom. The quantitative estimate of drug-likeness (QED) is 0.744. The first-order chi connectivity index (χ1) is 6.68. The number of rotatable bonds is 1. The number of fused-ring (bicyclic) bond motifs is 1. The van der Waals surface area contributed by atoms with Gasteiger partial charge in [-0.25, -0.2) is 0 Å². The third-order valence-corrected chi connectivity index (χ3v) is 2.31. The number of aromatic amines is 1. The molecular weight excluding hydrogens is 176 g/mol. The van der Waals surface area contributed by atoms with Crippen molar-refractivity contribution in [2.75, 3.05) is 0 Å². The van der Waals surface area contributed by atoms with E-state index in [1.807, 2.05) is 12.3 Å². The Morgan fingerprint density at radius 2 is 2.21 bits per heavy atom. The molecule has 0 bridgehead atoms. The predicted octanol–water partition coefficient (Wildman–Crippen LogP) is 2.05. The summed E-state index contributed by atoms with van der Waals surface area (Å²) in [6, 6.07) is 3.71. The normalized spacial score (nSPS) is 11.1. The second-order valence-corrected chi connectivity index (χ2v) is 3.66. The summed E-state index contributed by atoms with van der Waals surface area (Å²) in [5.74, 6) is 0.395. The van der Waals surface area contributed by atoms with Gasteiger partial charge in [0.25, 0.3) is 5.56 Å². The highest BCUT2D eigenvalue weighted by molar-refractivity contribution is 5.77. The maximum absolute atomic E-state index is 11.5. The summed E-state index contributed by atoms with van der Waals surface area (Å²) in [6.45, 7) is 4.17. The molecule has 0 spiro atoms. The Hall–Kier alpha value is -1.64. The van der Waals surface area contributed by atoms with Crippen molar-refractivity contribution in [3.8, 4) is 0 Å². The molecule has 2 rings (SSSR count). The van der Waals surface area contributed by atoms with E-state index in [0.717, 1.165) is 11.1 Å². The van der Waals surface area contributed by atoms with Gasteiger partial charge in [0.1, 0.15) is 0 Å². The molecule has 3 nitrogen and oxygen atoms in total. The van der Waals surface area contributed by atoms with Crippen molar-refractivity contribution >= 4 is 10.9 Å². The van der Waals surface area contributed by atoms with Crippen molar-refractivity contribution in [1.82, 2.24) is 9.97 Å². The molecule has 14 heavy (non-hydrogen) atoms. The van der Waals surface area contributed by atoms with Gasteiger partial charge in [-0.05, 0) is 23.6 Å². The molecule has 1 N–H and O–H groups in total. The summed E-state index contributed by atoms with van der Waals surface area (Å²) < 4.78 is 0. The van der Waals surface area contributed by atoms with Gasteiger partial charge < -0.3 is 4.98 Å². The summed E-state index contributed by atoms with van der Waals surface area (Å²) >= 11 is 0. The van der Waals surface area contributed by atoms with Crippen LogP contribution in [0.1, 0.15) is 25.3 Å². The maximum atomic E-state index is 11.5. The lowest BCUT2D eigenvalue weighted by Gasteiger charge is -2.04. The zero-order valence-corrected chi connectivity index (χ0v) is 8.24. The minimum atomic E-state index is -0.0718. The van der Waals surface area contributed by atoms with E-state index in [1.165, 1.54) is 0 Å². The lowest BCUT2D eigenvalue weighted by Crippen LogP contribution is -2.06. The van der Waals surface area contributed by atoms with Crippen LogP contribution in [0, 0.1) is 0 Å². The van der Waals surface area contributed by atoms with Gasteiger partial charge in [0.15, 0.2) is 0 Å².